The van der Waals surface area contributed by atoms with E-state index in [9.17, 15) is 9.90 Å². The summed E-state index contributed by atoms with van der Waals surface area (Å²) in [5, 5.41) is 12.8. The van der Waals surface area contributed by atoms with E-state index in [4.69, 9.17) is 4.74 Å². The van der Waals surface area contributed by atoms with Crippen molar-refractivity contribution >= 4 is 11.7 Å². The number of anilines is 1. The number of carbonyl (C=O) groups excluding carboxylic acids is 1. The van der Waals surface area contributed by atoms with Gasteiger partial charge in [-0.25, -0.2) is 4.79 Å². The normalized spacial score (nSPS) is 23.8. The van der Waals surface area contributed by atoms with Crippen LogP contribution in [0.4, 0.5) is 10.5 Å². The summed E-state index contributed by atoms with van der Waals surface area (Å²) in [7, 11) is 1.78. The van der Waals surface area contributed by atoms with Gasteiger partial charge in [0.05, 0.1) is 18.8 Å². The van der Waals surface area contributed by atoms with Crippen LogP contribution in [0.15, 0.2) is 24.3 Å². The molecule has 5 nitrogen and oxygen atoms in total. The van der Waals surface area contributed by atoms with E-state index in [1.807, 2.05) is 24.3 Å². The second-order valence-electron chi connectivity index (χ2n) is 7.48. The summed E-state index contributed by atoms with van der Waals surface area (Å²) in [5.41, 5.74) is 1.92. The number of benzene rings is 1. The highest BCUT2D eigenvalue weighted by molar-refractivity contribution is 5.89. The number of hydrogen-bond donors (Lipinski definition) is 2. The third kappa shape index (κ3) is 5.19. The quantitative estimate of drug-likeness (QED) is 0.824. The Kier molecular flexibility index (Phi) is 6.32. The number of urea groups is 1. The number of hydrogen-bond acceptors (Lipinski definition) is 3. The van der Waals surface area contributed by atoms with Crippen LogP contribution in [0, 0.1) is 5.92 Å². The third-order valence-electron chi connectivity index (χ3n) is 5.47. The largest absolute Gasteiger partial charge is 0.393 e. The molecular formula is C20H30N2O3. The summed E-state index contributed by atoms with van der Waals surface area (Å²) in [6.07, 6.45) is 7.95. The average Bonchev–Trinajstić information content (AvgIpc) is 3.26. The van der Waals surface area contributed by atoms with Crippen LogP contribution in [0.1, 0.15) is 50.5 Å². The molecule has 2 fully saturated rings. The molecule has 0 aliphatic heterocycles. The minimum atomic E-state index is -0.269. The van der Waals surface area contributed by atoms with E-state index < -0.39 is 0 Å². The zero-order chi connectivity index (χ0) is 17.6. The van der Waals surface area contributed by atoms with E-state index in [0.717, 1.165) is 30.5 Å². The number of rotatable bonds is 6. The van der Waals surface area contributed by atoms with E-state index in [2.05, 4.69) is 5.32 Å². The monoisotopic (exact) mass is 346 g/mol. The molecule has 2 aliphatic rings. The lowest BCUT2D eigenvalue weighted by Gasteiger charge is -2.23. The van der Waals surface area contributed by atoms with Gasteiger partial charge in [-0.15, -0.1) is 0 Å². The van der Waals surface area contributed by atoms with Crippen LogP contribution >= 0.6 is 0 Å². The summed E-state index contributed by atoms with van der Waals surface area (Å²) in [6, 6.07) is 7.72. The Labute approximate surface area is 150 Å². The van der Waals surface area contributed by atoms with Crippen molar-refractivity contribution in [1.29, 1.82) is 0 Å². The highest BCUT2D eigenvalue weighted by Gasteiger charge is 2.27. The second kappa shape index (κ2) is 8.68. The zero-order valence-electron chi connectivity index (χ0n) is 15.1. The smallest absolute Gasteiger partial charge is 0.321 e. The number of nitrogens with zero attached hydrogens (tertiary/aromatic N) is 1. The predicted octanol–water partition coefficient (Wildman–Crippen LogP) is 3.77. The standard InChI is InChI=1S/C20H30N2O3/c1-22(13-16-5-4-8-19(16)23)20(24)21-17-11-9-15(10-12-17)14-25-18-6-2-3-7-18/h9-12,16,18-19,23H,2-8,13-14H2,1H3,(H,21,24). The van der Waals surface area contributed by atoms with Crippen molar-refractivity contribution in [1.82, 2.24) is 4.90 Å². The van der Waals surface area contributed by atoms with Crippen molar-refractivity contribution < 1.29 is 14.6 Å². The minimum absolute atomic E-state index is 0.131. The molecule has 2 unspecified atom stereocenters. The van der Waals surface area contributed by atoms with Crippen molar-refractivity contribution in [3.8, 4) is 0 Å². The molecule has 138 valence electrons. The predicted molar refractivity (Wildman–Crippen MR) is 98.5 cm³/mol. The number of aliphatic hydroxyl groups is 1. The molecule has 2 N–H and O–H groups in total. The lowest BCUT2D eigenvalue weighted by molar-refractivity contribution is 0.0457. The highest BCUT2D eigenvalue weighted by atomic mass is 16.5. The molecule has 0 spiro atoms. The Morgan fingerprint density at radius 1 is 1.16 bits per heavy atom. The first-order valence-electron chi connectivity index (χ1n) is 9.52. The molecule has 1 aromatic carbocycles. The summed E-state index contributed by atoms with van der Waals surface area (Å²) in [4.78, 5) is 14.0. The van der Waals surface area contributed by atoms with Gasteiger partial charge in [-0.2, -0.15) is 0 Å². The molecule has 2 atom stereocenters. The number of ether oxygens (including phenoxy) is 1. The minimum Gasteiger partial charge on any atom is -0.393 e. The van der Waals surface area contributed by atoms with Gasteiger partial charge < -0.3 is 20.1 Å². The van der Waals surface area contributed by atoms with Gasteiger partial charge in [-0.3, -0.25) is 0 Å². The maximum atomic E-state index is 12.3. The van der Waals surface area contributed by atoms with Crippen LogP contribution in [0.3, 0.4) is 0 Å². The fourth-order valence-electron chi connectivity index (χ4n) is 3.84. The lowest BCUT2D eigenvalue weighted by Crippen LogP contribution is -2.37. The van der Waals surface area contributed by atoms with Crippen LogP contribution in [0.25, 0.3) is 0 Å². The van der Waals surface area contributed by atoms with Gasteiger partial charge in [0.15, 0.2) is 0 Å². The van der Waals surface area contributed by atoms with E-state index in [0.29, 0.717) is 19.3 Å². The van der Waals surface area contributed by atoms with Crippen LogP contribution < -0.4 is 5.32 Å². The number of carbonyl (C=O) groups is 1. The molecule has 1 aromatic rings. The molecule has 0 aromatic heterocycles. The molecule has 0 saturated heterocycles. The summed E-state index contributed by atoms with van der Waals surface area (Å²) in [5.74, 6) is 0.200. The van der Waals surface area contributed by atoms with Crippen LogP contribution in [0.2, 0.25) is 0 Å². The average molecular weight is 346 g/mol. The topological polar surface area (TPSA) is 61.8 Å². The maximum Gasteiger partial charge on any atom is 0.321 e. The molecule has 0 radical (unpaired) electrons. The molecule has 0 bridgehead atoms. The second-order valence-corrected chi connectivity index (χ2v) is 7.48. The number of nitrogens with one attached hydrogen (secondary N) is 1. The Balaban J connectivity index is 1.44. The van der Waals surface area contributed by atoms with E-state index in [-0.39, 0.29) is 18.1 Å². The first-order chi connectivity index (χ1) is 12.1. The van der Waals surface area contributed by atoms with E-state index in [1.165, 1.54) is 25.7 Å². The third-order valence-corrected chi connectivity index (χ3v) is 5.47. The first kappa shape index (κ1) is 18.2. The molecule has 25 heavy (non-hydrogen) atoms. The first-order valence-corrected chi connectivity index (χ1v) is 9.52. The van der Waals surface area contributed by atoms with E-state index in [1.54, 1.807) is 11.9 Å². The Morgan fingerprint density at radius 2 is 1.88 bits per heavy atom. The van der Waals surface area contributed by atoms with Gasteiger partial charge in [-0.05, 0) is 43.4 Å². The van der Waals surface area contributed by atoms with E-state index >= 15 is 0 Å². The lowest BCUT2D eigenvalue weighted by atomic mass is 10.1. The summed E-state index contributed by atoms with van der Waals surface area (Å²) in [6.45, 7) is 1.23. The number of amides is 2. The number of aliphatic hydroxyl groups excluding tert-OH is 1. The Bertz CT molecular complexity index is 555. The fraction of sp³-hybridized carbons (Fsp3) is 0.650. The maximum absolute atomic E-state index is 12.3. The Morgan fingerprint density at radius 3 is 2.52 bits per heavy atom. The van der Waals surface area contributed by atoms with Crippen molar-refractivity contribution in [2.75, 3.05) is 18.9 Å². The van der Waals surface area contributed by atoms with Crippen molar-refractivity contribution in [2.24, 2.45) is 5.92 Å². The van der Waals surface area contributed by atoms with Gasteiger partial charge >= 0.3 is 6.03 Å². The SMILES string of the molecule is CN(CC1CCCC1O)C(=O)Nc1ccc(COC2CCCC2)cc1. The molecule has 2 saturated carbocycles. The Hall–Kier alpha value is -1.59. The fourth-order valence-corrected chi connectivity index (χ4v) is 3.84. The molecule has 2 aliphatic carbocycles. The molecule has 2 amide bonds. The van der Waals surface area contributed by atoms with Gasteiger partial charge in [0.1, 0.15) is 0 Å². The van der Waals surface area contributed by atoms with Gasteiger partial charge in [-0.1, -0.05) is 31.4 Å². The van der Waals surface area contributed by atoms with Crippen molar-refractivity contribution in [2.45, 2.75) is 63.8 Å². The molecule has 5 heteroatoms. The van der Waals surface area contributed by atoms with Gasteiger partial charge in [0, 0.05) is 25.2 Å². The summed E-state index contributed by atoms with van der Waals surface area (Å²) < 4.78 is 5.91. The van der Waals surface area contributed by atoms with Gasteiger partial charge in [0.25, 0.3) is 0 Å². The molecule has 0 heterocycles. The van der Waals surface area contributed by atoms with Crippen molar-refractivity contribution in [3.63, 3.8) is 0 Å². The molecular weight excluding hydrogens is 316 g/mol. The highest BCUT2D eigenvalue weighted by Crippen LogP contribution is 2.26. The summed E-state index contributed by atoms with van der Waals surface area (Å²) >= 11 is 0. The van der Waals surface area contributed by atoms with Crippen LogP contribution in [0.5, 0.6) is 0 Å². The van der Waals surface area contributed by atoms with Crippen molar-refractivity contribution in [3.05, 3.63) is 29.8 Å². The van der Waals surface area contributed by atoms with Gasteiger partial charge in [0.2, 0.25) is 0 Å². The van der Waals surface area contributed by atoms with Crippen LogP contribution in [-0.4, -0.2) is 41.8 Å². The van der Waals surface area contributed by atoms with Crippen LogP contribution in [-0.2, 0) is 11.3 Å². The zero-order valence-corrected chi connectivity index (χ0v) is 15.1. The molecule has 3 rings (SSSR count).